The molecule has 0 aromatic heterocycles. The molecule has 16 nitrogen and oxygen atoms in total. The van der Waals surface area contributed by atoms with Crippen LogP contribution >= 0.6 is 0 Å². The Bertz CT molecular complexity index is 2850. The summed E-state index contributed by atoms with van der Waals surface area (Å²) in [4.78, 5) is 78.6. The zero-order valence-corrected chi connectivity index (χ0v) is 41.4. The lowest BCUT2D eigenvalue weighted by atomic mass is 9.80. The van der Waals surface area contributed by atoms with Crippen molar-refractivity contribution in [2.24, 2.45) is 0 Å². The number of carbonyl (C=O) groups excluding carboxylic acids is 6. The minimum absolute atomic E-state index is 0.0465. The quantitative estimate of drug-likeness (QED) is 0.0237. The van der Waals surface area contributed by atoms with Gasteiger partial charge in [0.05, 0.1) is 17.8 Å². The number of aliphatic hydroxyl groups excluding tert-OH is 1. The normalized spacial score (nSPS) is 14.5. The van der Waals surface area contributed by atoms with Crippen LogP contribution in [0.15, 0.2) is 175 Å². The molecule has 1 fully saturated rings. The molecule has 73 heavy (non-hydrogen) atoms. The van der Waals surface area contributed by atoms with Gasteiger partial charge in [0.25, 0.3) is 0 Å². The maximum atomic E-state index is 14.0. The summed E-state index contributed by atoms with van der Waals surface area (Å²) in [5, 5.41) is 11.5. The third-order valence-corrected chi connectivity index (χ3v) is 11.2. The Kier molecular flexibility index (Phi) is 17.7. The highest BCUT2D eigenvalue weighted by Crippen LogP contribution is 2.40. The van der Waals surface area contributed by atoms with Gasteiger partial charge < -0.3 is 43.2 Å². The Morgan fingerprint density at radius 1 is 0.616 bits per heavy atom. The molecule has 6 rings (SSSR count). The molecule has 1 aliphatic heterocycles. The van der Waals surface area contributed by atoms with Crippen LogP contribution in [0.5, 0.6) is 11.5 Å². The fourth-order valence-corrected chi connectivity index (χ4v) is 7.16. The number of rotatable bonds is 23. The van der Waals surface area contributed by atoms with Gasteiger partial charge in [-0.1, -0.05) is 45.0 Å². The van der Waals surface area contributed by atoms with Crippen LogP contribution in [-0.2, 0) is 52.5 Å². The van der Waals surface area contributed by atoms with Crippen LogP contribution in [0, 0.1) is 0 Å². The number of ether oxygens (including phenoxy) is 7. The van der Waals surface area contributed by atoms with Crippen molar-refractivity contribution in [2.45, 2.75) is 52.8 Å². The molecule has 0 saturated carbocycles. The lowest BCUT2D eigenvalue weighted by molar-refractivity contribution is -0.491. The van der Waals surface area contributed by atoms with Gasteiger partial charge >= 0.3 is 29.8 Å². The summed E-state index contributed by atoms with van der Waals surface area (Å²) in [6, 6.07) is 18.8. The van der Waals surface area contributed by atoms with E-state index in [1.807, 2.05) is 4.90 Å². The van der Waals surface area contributed by atoms with Crippen LogP contribution in [0.2, 0.25) is 0 Å². The molecule has 3 aromatic rings. The zero-order valence-electron chi connectivity index (χ0n) is 41.4. The molecule has 1 N–H and O–H groups in total. The van der Waals surface area contributed by atoms with E-state index < -0.39 is 47.7 Å². The lowest BCUT2D eigenvalue weighted by Gasteiger charge is -2.33. The van der Waals surface area contributed by atoms with Gasteiger partial charge in [-0.3, -0.25) is 4.79 Å². The van der Waals surface area contributed by atoms with Gasteiger partial charge in [-0.25, -0.2) is 24.0 Å². The summed E-state index contributed by atoms with van der Waals surface area (Å²) in [5.74, 6) is -3.04. The van der Waals surface area contributed by atoms with Crippen molar-refractivity contribution >= 4 is 64.0 Å². The largest absolute Gasteiger partial charge is 0.506 e. The summed E-state index contributed by atoms with van der Waals surface area (Å²) >= 11 is 0. The van der Waals surface area contributed by atoms with E-state index >= 15 is 0 Å². The van der Waals surface area contributed by atoms with Crippen molar-refractivity contribution in [3.8, 4) is 11.5 Å². The first-order chi connectivity index (χ1) is 34.7. The molecular weight excluding hydrogens is 937 g/mol. The van der Waals surface area contributed by atoms with Crippen molar-refractivity contribution in [1.29, 1.82) is 0 Å². The van der Waals surface area contributed by atoms with Gasteiger partial charge in [0.2, 0.25) is 23.2 Å². The SMILES string of the molecule is C=C(C)C(=O)OCC(COC(=O)C(=C)C)N(c1ccc(OCC2CO2)cc1)c1ccc(C2=C(O)C(=C3C=CC(=[N+](c4ccc(OC(=O)C(=C)C)cc4)C(COC(=O)C(=C)C)COC(=O)C(=C)C)C=C3)C2=O)cc1. The molecule has 0 radical (unpaired) electrons. The van der Waals surface area contributed by atoms with Crippen LogP contribution in [-0.4, -0.2) is 109 Å². The average molecular weight is 994 g/mol. The van der Waals surface area contributed by atoms with Crippen LogP contribution in [0.4, 0.5) is 17.1 Å². The van der Waals surface area contributed by atoms with Crippen molar-refractivity contribution in [3.63, 3.8) is 0 Å². The van der Waals surface area contributed by atoms with Crippen LogP contribution in [0.25, 0.3) is 5.57 Å². The summed E-state index contributed by atoms with van der Waals surface area (Å²) in [6.45, 7) is 25.9. The number of aliphatic hydroxyl groups is 1. The van der Waals surface area contributed by atoms with Crippen LogP contribution in [0.1, 0.15) is 40.2 Å². The molecule has 2 aliphatic carbocycles. The second kappa shape index (κ2) is 24.0. The minimum Gasteiger partial charge on any atom is -0.506 e. The molecule has 1 saturated heterocycles. The summed E-state index contributed by atoms with van der Waals surface area (Å²) in [5.41, 5.74) is 4.04. The maximum absolute atomic E-state index is 14.0. The van der Waals surface area contributed by atoms with E-state index in [2.05, 4.69) is 32.9 Å². The highest BCUT2D eigenvalue weighted by molar-refractivity contribution is 6.39. The van der Waals surface area contributed by atoms with Crippen molar-refractivity contribution in [3.05, 3.63) is 180 Å². The molecule has 3 aliphatic rings. The van der Waals surface area contributed by atoms with Crippen LogP contribution in [0.3, 0.4) is 0 Å². The number of nitrogens with zero attached hydrogens (tertiary/aromatic N) is 2. The number of Topliss-reactive ketones (excluding diaryl/α,β-unsaturated/α-hetero) is 1. The van der Waals surface area contributed by atoms with Crippen molar-refractivity contribution in [1.82, 2.24) is 0 Å². The Morgan fingerprint density at radius 2 is 1.05 bits per heavy atom. The van der Waals surface area contributed by atoms with E-state index in [1.165, 1.54) is 34.6 Å². The molecule has 1 heterocycles. The van der Waals surface area contributed by atoms with Crippen LogP contribution < -0.4 is 14.4 Å². The Morgan fingerprint density at radius 3 is 1.49 bits per heavy atom. The van der Waals surface area contributed by atoms with Gasteiger partial charge in [0, 0.05) is 63.5 Å². The van der Waals surface area contributed by atoms with E-state index in [9.17, 15) is 33.9 Å². The Labute approximate surface area is 423 Å². The van der Waals surface area contributed by atoms with Gasteiger partial charge in [-0.15, -0.1) is 0 Å². The number of benzene rings is 3. The monoisotopic (exact) mass is 993 g/mol. The minimum atomic E-state index is -0.827. The highest BCUT2D eigenvalue weighted by atomic mass is 16.6. The fraction of sp³-hybridized carbons (Fsp3) is 0.246. The van der Waals surface area contributed by atoms with Gasteiger partial charge in [-0.05, 0) is 106 Å². The summed E-state index contributed by atoms with van der Waals surface area (Å²) < 4.78 is 40.6. The topological polar surface area (TPSA) is 197 Å². The molecular formula is C57H57N2O14+. The number of hydrogen-bond acceptors (Lipinski definition) is 15. The van der Waals surface area contributed by atoms with E-state index in [-0.39, 0.29) is 83.1 Å². The molecule has 0 bridgehead atoms. The number of epoxide rings is 1. The Balaban J connectivity index is 1.34. The second-order valence-corrected chi connectivity index (χ2v) is 17.5. The zero-order chi connectivity index (χ0) is 53.1. The van der Waals surface area contributed by atoms with Gasteiger partial charge in [-0.2, -0.15) is 4.58 Å². The molecule has 3 aromatic carbocycles. The standard InChI is InChI=1S/C57H56N2O14/c1-33(2)53(62)69-27-44(28-70-54(63)34(3)4)58(42-19-23-46(24-20-42)67-31-48-32-68-48)40-15-11-38(12-16-40)49-51(60)50(52(49)61)39-13-17-41(18-14-39)59(43-21-25-47(26-22-43)73-57(66)37(9)10)45(29-71-55(64)35(5)6)30-72-56(65)36(7)8/h11-26,44-45,48H,1,3,5,7,9,27-32H2,2,4,6,8,10H3/p+1. The number of esters is 5. The molecule has 1 unspecified atom stereocenters. The molecule has 0 spiro atoms. The van der Waals surface area contributed by atoms with E-state index in [4.69, 9.17) is 33.2 Å². The predicted molar refractivity (Wildman–Crippen MR) is 273 cm³/mol. The average Bonchev–Trinajstić information content (AvgIpc) is 4.20. The fourth-order valence-electron chi connectivity index (χ4n) is 7.16. The van der Waals surface area contributed by atoms with E-state index in [0.717, 1.165) is 0 Å². The summed E-state index contributed by atoms with van der Waals surface area (Å²) in [7, 11) is 0. The highest BCUT2D eigenvalue weighted by Gasteiger charge is 2.38. The number of anilines is 2. The molecule has 1 atom stereocenters. The first-order valence-corrected chi connectivity index (χ1v) is 23.0. The first kappa shape index (κ1) is 53.7. The van der Waals surface area contributed by atoms with Gasteiger partial charge in [0.15, 0.2) is 13.2 Å². The van der Waals surface area contributed by atoms with Gasteiger partial charge in [0.1, 0.15) is 49.2 Å². The number of carbonyl (C=O) groups is 6. The molecule has 0 amide bonds. The van der Waals surface area contributed by atoms with Crippen molar-refractivity contribution in [2.75, 3.05) is 44.5 Å². The second-order valence-electron chi connectivity index (χ2n) is 17.5. The van der Waals surface area contributed by atoms with E-state index in [0.29, 0.717) is 52.9 Å². The Hall–Kier alpha value is -8.63. The molecule has 16 heteroatoms. The first-order valence-electron chi connectivity index (χ1n) is 23.0. The summed E-state index contributed by atoms with van der Waals surface area (Å²) in [6.07, 6.45) is 6.70. The predicted octanol–water partition coefficient (Wildman–Crippen LogP) is 8.36. The number of hydrogen-bond donors (Lipinski definition) is 1. The maximum Gasteiger partial charge on any atom is 0.338 e. The molecule has 378 valence electrons. The third kappa shape index (κ3) is 13.8. The number of ketones is 1. The van der Waals surface area contributed by atoms with E-state index in [1.54, 1.807) is 102 Å². The third-order valence-electron chi connectivity index (χ3n) is 11.2. The smallest absolute Gasteiger partial charge is 0.338 e. The number of allylic oxidation sites excluding steroid dienone is 7. The lowest BCUT2D eigenvalue weighted by Crippen LogP contribution is -2.40. The van der Waals surface area contributed by atoms with Crippen molar-refractivity contribution < 1.29 is 71.6 Å².